The maximum absolute atomic E-state index is 13.1. The third-order valence-electron chi connectivity index (χ3n) is 7.70. The Bertz CT molecular complexity index is 1020. The number of rotatable bonds is 8. The van der Waals surface area contributed by atoms with Crippen molar-refractivity contribution in [3.63, 3.8) is 0 Å². The number of likely N-dealkylation sites (tertiary alicyclic amines) is 2. The predicted molar refractivity (Wildman–Crippen MR) is 133 cm³/mol. The van der Waals surface area contributed by atoms with Crippen LogP contribution in [0.5, 0.6) is 0 Å². The van der Waals surface area contributed by atoms with E-state index >= 15 is 0 Å². The van der Waals surface area contributed by atoms with Gasteiger partial charge in [0.2, 0.25) is 5.91 Å². The molecule has 0 aliphatic carbocycles. The molecular weight excluding hydrogens is 466 g/mol. The summed E-state index contributed by atoms with van der Waals surface area (Å²) >= 11 is 6.26. The van der Waals surface area contributed by atoms with Gasteiger partial charge in [-0.1, -0.05) is 41.9 Å². The summed E-state index contributed by atoms with van der Waals surface area (Å²) in [6.45, 7) is 8.13. The van der Waals surface area contributed by atoms with Crippen LogP contribution >= 0.6 is 11.6 Å². The van der Waals surface area contributed by atoms with Crippen molar-refractivity contribution in [1.82, 2.24) is 24.9 Å². The molecule has 9 heteroatoms. The van der Waals surface area contributed by atoms with Crippen molar-refractivity contribution in [2.75, 3.05) is 45.9 Å². The molecule has 3 aliphatic heterocycles. The number of aryl methyl sites for hydroxylation is 1. The normalized spacial score (nSPS) is 25.1. The summed E-state index contributed by atoms with van der Waals surface area (Å²) in [5.74, 6) is 0.965. The van der Waals surface area contributed by atoms with Crippen molar-refractivity contribution in [3.05, 3.63) is 52.8 Å². The lowest BCUT2D eigenvalue weighted by atomic mass is 10.0. The molecular formula is C26H34ClN5O3. The second kappa shape index (κ2) is 10.7. The van der Waals surface area contributed by atoms with Gasteiger partial charge in [-0.25, -0.2) is 0 Å². The number of aromatic nitrogens is 2. The summed E-state index contributed by atoms with van der Waals surface area (Å²) in [4.78, 5) is 30.3. The van der Waals surface area contributed by atoms with Crippen LogP contribution < -0.4 is 5.32 Å². The Hall–Kier alpha value is -2.42. The zero-order valence-corrected chi connectivity index (χ0v) is 21.0. The largest absolute Gasteiger partial charge is 0.381 e. The molecule has 1 aromatic carbocycles. The number of hydrogen-bond donors (Lipinski definition) is 1. The van der Waals surface area contributed by atoms with Crippen molar-refractivity contribution in [1.29, 1.82) is 0 Å². The lowest BCUT2D eigenvalue weighted by Crippen LogP contribution is -2.37. The minimum atomic E-state index is -0.0478. The van der Waals surface area contributed by atoms with Gasteiger partial charge in [-0.3, -0.25) is 14.3 Å². The lowest BCUT2D eigenvalue weighted by molar-refractivity contribution is -0.125. The number of benzene rings is 1. The minimum absolute atomic E-state index is 0.0145. The van der Waals surface area contributed by atoms with Gasteiger partial charge in [0.05, 0.1) is 29.8 Å². The standard InChI is InChI=1S/C26H34ClN5O3/c1-2-32-24(22(27)12-28-32)26(34)31-15-20-13-30(14-21(20)16-31)10-8-23(18-6-4-3-5-7-18)29-25(33)19-9-11-35-17-19/h3-7,12,19-21,23H,2,8-11,13-17H2,1H3,(H,29,33)/t19?,20?,21?,23-/m0/s1. The molecule has 0 bridgehead atoms. The van der Waals surface area contributed by atoms with Crippen molar-refractivity contribution < 1.29 is 14.3 Å². The number of nitrogens with one attached hydrogen (secondary N) is 1. The zero-order chi connectivity index (χ0) is 24.4. The van der Waals surface area contributed by atoms with E-state index in [0.29, 0.717) is 42.3 Å². The summed E-state index contributed by atoms with van der Waals surface area (Å²) in [6.07, 6.45) is 3.21. The van der Waals surface area contributed by atoms with Gasteiger partial charge < -0.3 is 19.9 Å². The van der Waals surface area contributed by atoms with Gasteiger partial charge in [0, 0.05) is 45.9 Å². The van der Waals surface area contributed by atoms with Crippen LogP contribution in [0.3, 0.4) is 0 Å². The molecule has 3 saturated heterocycles. The third-order valence-corrected chi connectivity index (χ3v) is 7.98. The summed E-state index contributed by atoms with van der Waals surface area (Å²) in [7, 11) is 0. The lowest BCUT2D eigenvalue weighted by Gasteiger charge is -2.25. The molecule has 0 radical (unpaired) electrons. The van der Waals surface area contributed by atoms with Crippen LogP contribution in [0.4, 0.5) is 0 Å². The molecule has 4 heterocycles. The highest BCUT2D eigenvalue weighted by molar-refractivity contribution is 6.33. The Kier molecular flexibility index (Phi) is 7.41. The van der Waals surface area contributed by atoms with Gasteiger partial charge >= 0.3 is 0 Å². The highest BCUT2D eigenvalue weighted by Crippen LogP contribution is 2.33. The Balaban J connectivity index is 1.16. The van der Waals surface area contributed by atoms with E-state index in [9.17, 15) is 9.59 Å². The Morgan fingerprint density at radius 2 is 1.91 bits per heavy atom. The van der Waals surface area contributed by atoms with E-state index in [2.05, 4.69) is 27.4 Å². The molecule has 1 aromatic heterocycles. The van der Waals surface area contributed by atoms with Crippen LogP contribution in [0.1, 0.15) is 41.9 Å². The van der Waals surface area contributed by atoms with Crippen LogP contribution in [-0.2, 0) is 16.1 Å². The molecule has 35 heavy (non-hydrogen) atoms. The summed E-state index contributed by atoms with van der Waals surface area (Å²) in [5, 5.41) is 7.92. The van der Waals surface area contributed by atoms with Gasteiger partial charge in [-0.05, 0) is 37.2 Å². The topological polar surface area (TPSA) is 79.7 Å². The molecule has 0 spiro atoms. The molecule has 188 valence electrons. The highest BCUT2D eigenvalue weighted by Gasteiger charge is 2.42. The summed E-state index contributed by atoms with van der Waals surface area (Å²) < 4.78 is 7.09. The molecule has 3 aliphatic rings. The van der Waals surface area contributed by atoms with Crippen molar-refractivity contribution in [3.8, 4) is 0 Å². The fourth-order valence-corrected chi connectivity index (χ4v) is 5.98. The first-order chi connectivity index (χ1) is 17.0. The van der Waals surface area contributed by atoms with Crippen molar-refractivity contribution >= 4 is 23.4 Å². The molecule has 3 fully saturated rings. The second-order valence-electron chi connectivity index (χ2n) is 9.97. The summed E-state index contributed by atoms with van der Waals surface area (Å²) in [6, 6.07) is 10.2. The van der Waals surface area contributed by atoms with E-state index < -0.39 is 0 Å². The first-order valence-electron chi connectivity index (χ1n) is 12.7. The maximum Gasteiger partial charge on any atom is 0.273 e. The predicted octanol–water partition coefficient (Wildman–Crippen LogP) is 2.84. The van der Waals surface area contributed by atoms with E-state index in [4.69, 9.17) is 16.3 Å². The maximum atomic E-state index is 13.1. The minimum Gasteiger partial charge on any atom is -0.381 e. The highest BCUT2D eigenvalue weighted by atomic mass is 35.5. The van der Waals surface area contributed by atoms with E-state index in [1.165, 1.54) is 0 Å². The second-order valence-corrected chi connectivity index (χ2v) is 10.4. The van der Waals surface area contributed by atoms with E-state index in [1.54, 1.807) is 10.9 Å². The fourth-order valence-electron chi connectivity index (χ4n) is 5.75. The molecule has 0 saturated carbocycles. The van der Waals surface area contributed by atoms with Gasteiger partial charge in [0.15, 0.2) is 0 Å². The van der Waals surface area contributed by atoms with Crippen LogP contribution in [0, 0.1) is 17.8 Å². The van der Waals surface area contributed by atoms with E-state index in [1.807, 2.05) is 30.0 Å². The SMILES string of the molecule is CCn1ncc(Cl)c1C(=O)N1CC2CN(CC[C@H](NC(=O)C3CCOC3)c3ccccc3)CC2C1. The van der Waals surface area contributed by atoms with Gasteiger partial charge in [-0.15, -0.1) is 0 Å². The number of nitrogens with zero attached hydrogens (tertiary/aromatic N) is 4. The van der Waals surface area contributed by atoms with Crippen molar-refractivity contribution in [2.24, 2.45) is 17.8 Å². The Morgan fingerprint density at radius 3 is 2.57 bits per heavy atom. The quantitative estimate of drug-likeness (QED) is 0.604. The number of fused-ring (bicyclic) bond motifs is 1. The van der Waals surface area contributed by atoms with Crippen LogP contribution in [0.15, 0.2) is 36.5 Å². The molecule has 1 N–H and O–H groups in total. The van der Waals surface area contributed by atoms with Crippen LogP contribution in [0.2, 0.25) is 5.02 Å². The summed E-state index contributed by atoms with van der Waals surface area (Å²) in [5.41, 5.74) is 1.64. The third kappa shape index (κ3) is 5.25. The van der Waals surface area contributed by atoms with Crippen molar-refractivity contribution in [2.45, 2.75) is 32.4 Å². The first kappa shape index (κ1) is 24.3. The first-order valence-corrected chi connectivity index (χ1v) is 13.1. The van der Waals surface area contributed by atoms with Gasteiger partial charge in [0.25, 0.3) is 5.91 Å². The molecule has 5 rings (SSSR count). The molecule has 2 aromatic rings. The Morgan fingerprint density at radius 1 is 1.17 bits per heavy atom. The number of hydrogen-bond acceptors (Lipinski definition) is 5. The van der Waals surface area contributed by atoms with Crippen LogP contribution in [-0.4, -0.2) is 77.3 Å². The molecule has 8 nitrogen and oxygen atoms in total. The number of carbonyl (C=O) groups excluding carboxylic acids is 2. The monoisotopic (exact) mass is 499 g/mol. The van der Waals surface area contributed by atoms with Gasteiger partial charge in [0.1, 0.15) is 5.69 Å². The molecule has 2 amide bonds. The smallest absolute Gasteiger partial charge is 0.273 e. The number of ether oxygens (including phenoxy) is 1. The van der Waals surface area contributed by atoms with Gasteiger partial charge in [-0.2, -0.15) is 5.10 Å². The van der Waals surface area contributed by atoms with E-state index in [-0.39, 0.29) is 23.8 Å². The molecule has 3 unspecified atom stereocenters. The van der Waals surface area contributed by atoms with Crippen LogP contribution in [0.25, 0.3) is 0 Å². The average molecular weight is 500 g/mol. The number of carbonyl (C=O) groups is 2. The molecule has 4 atom stereocenters. The number of halogens is 1. The Labute approximate surface area is 211 Å². The fraction of sp³-hybridized carbons (Fsp3) is 0.577. The number of amides is 2. The van der Waals surface area contributed by atoms with E-state index in [0.717, 1.165) is 51.1 Å². The zero-order valence-electron chi connectivity index (χ0n) is 20.2. The average Bonchev–Trinajstić information content (AvgIpc) is 3.65.